The van der Waals surface area contributed by atoms with E-state index in [1.807, 2.05) is 0 Å². The van der Waals surface area contributed by atoms with Gasteiger partial charge in [-0.05, 0) is 81.3 Å². The molecule has 1 aromatic heterocycles. The summed E-state index contributed by atoms with van der Waals surface area (Å²) in [5.74, 6) is 0.935. The van der Waals surface area contributed by atoms with Crippen LogP contribution in [-0.2, 0) is 6.42 Å². The van der Waals surface area contributed by atoms with Crippen molar-refractivity contribution in [2.24, 2.45) is 0 Å². The van der Waals surface area contributed by atoms with Gasteiger partial charge in [-0.15, -0.1) is 0 Å². The van der Waals surface area contributed by atoms with Crippen LogP contribution < -0.4 is 4.90 Å². The van der Waals surface area contributed by atoms with Crippen molar-refractivity contribution in [3.05, 3.63) is 144 Å². The molecule has 0 N–H and O–H groups in total. The minimum absolute atomic E-state index is 0.935. The first-order valence-electron chi connectivity index (χ1n) is 13.5. The first-order chi connectivity index (χ1) is 19.3. The number of rotatable bonds is 3. The van der Waals surface area contributed by atoms with E-state index in [-0.39, 0.29) is 0 Å². The number of allylic oxidation sites excluding steroid dienone is 1. The Labute approximate surface area is 228 Å². The molecule has 0 atom stereocenters. The summed E-state index contributed by atoms with van der Waals surface area (Å²) in [5, 5.41) is 2.58. The van der Waals surface area contributed by atoms with Gasteiger partial charge in [-0.2, -0.15) is 0 Å². The molecule has 0 radical (unpaired) electrons. The van der Waals surface area contributed by atoms with Gasteiger partial charge in [-0.3, -0.25) is 4.90 Å². The Morgan fingerprint density at radius 1 is 0.564 bits per heavy atom. The number of para-hydroxylation sites is 1. The molecular weight excluding hydrogens is 472 g/mol. The van der Waals surface area contributed by atoms with Gasteiger partial charge in [0.2, 0.25) is 0 Å². The van der Waals surface area contributed by atoms with Crippen LogP contribution in [0.15, 0.2) is 133 Å². The first-order valence-corrected chi connectivity index (χ1v) is 13.5. The Balaban J connectivity index is 1.33. The summed E-state index contributed by atoms with van der Waals surface area (Å²) in [5.41, 5.74) is 13.7. The lowest BCUT2D eigenvalue weighted by atomic mass is 9.93. The molecule has 2 heterocycles. The van der Waals surface area contributed by atoms with Crippen molar-refractivity contribution in [3.63, 3.8) is 0 Å². The molecule has 0 fully saturated rings. The monoisotopic (exact) mass is 498 g/mol. The van der Waals surface area contributed by atoms with E-state index in [0.717, 1.165) is 23.5 Å². The molecule has 0 amide bonds. The molecule has 184 valence electrons. The molecule has 39 heavy (non-hydrogen) atoms. The third-order valence-electron chi connectivity index (χ3n) is 8.15. The lowest BCUT2D eigenvalue weighted by Crippen LogP contribution is -2.23. The molecule has 0 saturated carbocycles. The van der Waals surface area contributed by atoms with Crippen LogP contribution >= 0.6 is 0 Å². The van der Waals surface area contributed by atoms with E-state index in [2.05, 4.69) is 139 Å². The number of hydrogen-bond acceptors (Lipinski definition) is 2. The highest BCUT2D eigenvalue weighted by Gasteiger charge is 2.27. The van der Waals surface area contributed by atoms with E-state index in [1.54, 1.807) is 0 Å². The van der Waals surface area contributed by atoms with Gasteiger partial charge in [0.05, 0.1) is 17.1 Å². The van der Waals surface area contributed by atoms with E-state index in [0.29, 0.717) is 0 Å². The molecule has 0 spiro atoms. The summed E-state index contributed by atoms with van der Waals surface area (Å²) in [4.78, 5) is 7.70. The molecule has 0 bridgehead atoms. The second-order valence-electron chi connectivity index (χ2n) is 10.5. The average molecular weight is 499 g/mol. The van der Waals surface area contributed by atoms with Gasteiger partial charge >= 0.3 is 0 Å². The molecule has 0 unspecified atom stereocenters. The number of benzene rings is 5. The molecule has 1 aliphatic heterocycles. The van der Waals surface area contributed by atoms with Crippen LogP contribution in [0, 0.1) is 0 Å². The summed E-state index contributed by atoms with van der Waals surface area (Å²) >= 11 is 0. The van der Waals surface area contributed by atoms with Crippen LogP contribution in [0.4, 0.5) is 11.5 Å². The maximum atomic E-state index is 5.35. The van der Waals surface area contributed by atoms with Gasteiger partial charge < -0.3 is 0 Å². The SMILES string of the molecule is CC1=C(c2ccccc2)N(c2cccc(-c3ccc4c5c(cccc35)-c3ccccc3-4)n2)c2ccccc2C1. The van der Waals surface area contributed by atoms with Gasteiger partial charge in [0.1, 0.15) is 5.82 Å². The third kappa shape index (κ3) is 3.31. The van der Waals surface area contributed by atoms with Gasteiger partial charge in [-0.1, -0.05) is 109 Å². The Morgan fingerprint density at radius 3 is 2.08 bits per heavy atom. The number of fused-ring (bicyclic) bond motifs is 4. The molecule has 2 nitrogen and oxygen atoms in total. The summed E-state index contributed by atoms with van der Waals surface area (Å²) < 4.78 is 0. The fourth-order valence-electron chi connectivity index (χ4n) is 6.50. The molecular formula is C37H26N2. The van der Waals surface area contributed by atoms with Crippen LogP contribution in [-0.4, -0.2) is 4.98 Å². The normalized spacial score (nSPS) is 13.5. The van der Waals surface area contributed by atoms with Crippen molar-refractivity contribution < 1.29 is 0 Å². The second-order valence-corrected chi connectivity index (χ2v) is 10.5. The van der Waals surface area contributed by atoms with Gasteiger partial charge in [0.25, 0.3) is 0 Å². The number of pyridine rings is 1. The zero-order chi connectivity index (χ0) is 25.9. The van der Waals surface area contributed by atoms with Crippen molar-refractivity contribution in [3.8, 4) is 33.5 Å². The van der Waals surface area contributed by atoms with Crippen molar-refractivity contribution in [1.82, 2.24) is 4.98 Å². The van der Waals surface area contributed by atoms with Crippen LogP contribution in [0.25, 0.3) is 50.0 Å². The Bertz CT molecular complexity index is 1920. The smallest absolute Gasteiger partial charge is 0.138 e. The molecule has 0 saturated heterocycles. The maximum absolute atomic E-state index is 5.35. The summed E-state index contributed by atoms with van der Waals surface area (Å²) in [7, 11) is 0. The number of nitrogens with zero attached hydrogens (tertiary/aromatic N) is 2. The van der Waals surface area contributed by atoms with Crippen molar-refractivity contribution in [2.75, 3.05) is 4.90 Å². The highest BCUT2D eigenvalue weighted by Crippen LogP contribution is 2.49. The van der Waals surface area contributed by atoms with Gasteiger partial charge in [0, 0.05) is 5.56 Å². The van der Waals surface area contributed by atoms with Crippen LogP contribution in [0.3, 0.4) is 0 Å². The quantitative estimate of drug-likeness (QED) is 0.241. The Morgan fingerprint density at radius 2 is 1.23 bits per heavy atom. The fraction of sp³-hybridized carbons (Fsp3) is 0.0541. The van der Waals surface area contributed by atoms with Gasteiger partial charge in [-0.25, -0.2) is 4.98 Å². The van der Waals surface area contributed by atoms with E-state index in [9.17, 15) is 0 Å². The van der Waals surface area contributed by atoms with Crippen molar-refractivity contribution in [2.45, 2.75) is 13.3 Å². The molecule has 2 heteroatoms. The topological polar surface area (TPSA) is 16.1 Å². The minimum atomic E-state index is 0.935. The molecule has 1 aliphatic carbocycles. The van der Waals surface area contributed by atoms with Crippen molar-refractivity contribution in [1.29, 1.82) is 0 Å². The van der Waals surface area contributed by atoms with E-state index in [1.165, 1.54) is 61.1 Å². The first kappa shape index (κ1) is 22.1. The standard InChI is InChI=1S/C37H26N2/c1-24-23-26-13-5-8-19-34(26)39(37(24)25-11-3-2-4-12-25)35-20-10-18-33(38-35)29-21-22-32-28-15-7-6-14-27(28)30-16-9-17-31(29)36(30)32/h2-22H,23H2,1H3. The summed E-state index contributed by atoms with van der Waals surface area (Å²) in [6.45, 7) is 2.25. The number of anilines is 2. The lowest BCUT2D eigenvalue weighted by Gasteiger charge is -2.34. The number of hydrogen-bond donors (Lipinski definition) is 0. The van der Waals surface area contributed by atoms with Crippen LogP contribution in [0.2, 0.25) is 0 Å². The van der Waals surface area contributed by atoms with Crippen LogP contribution in [0.1, 0.15) is 18.1 Å². The fourth-order valence-corrected chi connectivity index (χ4v) is 6.50. The van der Waals surface area contributed by atoms with E-state index < -0.39 is 0 Å². The third-order valence-corrected chi connectivity index (χ3v) is 8.15. The van der Waals surface area contributed by atoms with E-state index >= 15 is 0 Å². The number of aromatic nitrogens is 1. The zero-order valence-electron chi connectivity index (χ0n) is 21.7. The van der Waals surface area contributed by atoms with E-state index in [4.69, 9.17) is 4.98 Å². The van der Waals surface area contributed by atoms with Gasteiger partial charge in [0.15, 0.2) is 0 Å². The second kappa shape index (κ2) is 8.54. The zero-order valence-corrected chi connectivity index (χ0v) is 21.7. The highest BCUT2D eigenvalue weighted by molar-refractivity contribution is 6.18. The largest absolute Gasteiger partial charge is 0.294 e. The van der Waals surface area contributed by atoms with Crippen molar-refractivity contribution >= 4 is 28.0 Å². The summed E-state index contributed by atoms with van der Waals surface area (Å²) in [6.07, 6.45) is 0.937. The minimum Gasteiger partial charge on any atom is -0.294 e. The van der Waals surface area contributed by atoms with Crippen LogP contribution in [0.5, 0.6) is 0 Å². The predicted molar refractivity (Wildman–Crippen MR) is 163 cm³/mol. The molecule has 6 aromatic rings. The predicted octanol–water partition coefficient (Wildman–Crippen LogP) is 9.67. The summed E-state index contributed by atoms with van der Waals surface area (Å²) in [6, 6.07) is 45.8. The molecule has 2 aliphatic rings. The lowest BCUT2D eigenvalue weighted by molar-refractivity contribution is 1.05. The average Bonchev–Trinajstić information content (AvgIpc) is 3.32. The Kier molecular flexibility index (Phi) is 4.83. The molecule has 5 aromatic carbocycles. The molecule has 8 rings (SSSR count). The maximum Gasteiger partial charge on any atom is 0.138 e. The highest BCUT2D eigenvalue weighted by atomic mass is 15.2. The Hall–Kier alpha value is -4.95.